The summed E-state index contributed by atoms with van der Waals surface area (Å²) in [6.07, 6.45) is 1.34. The fourth-order valence-electron chi connectivity index (χ4n) is 2.11. The largest absolute Gasteiger partial charge is 0.478 e. The van der Waals surface area contributed by atoms with Crippen molar-refractivity contribution in [3.05, 3.63) is 16.8 Å². The van der Waals surface area contributed by atoms with Gasteiger partial charge in [-0.15, -0.1) is 5.10 Å². The molecule has 0 amide bonds. The quantitative estimate of drug-likeness (QED) is 0.812. The number of carboxylic acid groups (broad SMARTS) is 1. The summed E-state index contributed by atoms with van der Waals surface area (Å²) >= 11 is 0. The van der Waals surface area contributed by atoms with E-state index in [1.807, 2.05) is 44.8 Å². The van der Waals surface area contributed by atoms with Gasteiger partial charge in [0, 0.05) is 20.1 Å². The Hall–Kier alpha value is -1.69. The molecule has 1 aromatic rings. The maximum Gasteiger partial charge on any atom is 0.339 e. The Kier molecular flexibility index (Phi) is 5.88. The second-order valence-electron chi connectivity index (χ2n) is 5.06. The van der Waals surface area contributed by atoms with Crippen LogP contribution in [0.3, 0.4) is 0 Å². The fraction of sp³-hybridized carbons (Fsp3) is 0.643. The molecule has 0 spiro atoms. The van der Waals surface area contributed by atoms with Crippen molar-refractivity contribution in [2.75, 3.05) is 39.1 Å². The molecule has 0 radical (unpaired) electrons. The summed E-state index contributed by atoms with van der Waals surface area (Å²) < 4.78 is 0. The first-order valence-corrected chi connectivity index (χ1v) is 6.89. The number of carboxylic acids is 1. The van der Waals surface area contributed by atoms with E-state index in [1.54, 1.807) is 0 Å². The molecule has 0 saturated heterocycles. The third kappa shape index (κ3) is 3.66. The molecular formula is C14H24N4O2. The molecule has 20 heavy (non-hydrogen) atoms. The molecule has 1 rings (SSSR count). The summed E-state index contributed by atoms with van der Waals surface area (Å²) in [7, 11) is 5.82. The maximum absolute atomic E-state index is 11.6. The van der Waals surface area contributed by atoms with Gasteiger partial charge in [0.1, 0.15) is 5.56 Å². The Balaban J connectivity index is 3.22. The first-order valence-electron chi connectivity index (χ1n) is 6.89. The summed E-state index contributed by atoms with van der Waals surface area (Å²) in [4.78, 5) is 15.5. The molecule has 0 aliphatic rings. The van der Waals surface area contributed by atoms with Gasteiger partial charge in [0.2, 0.25) is 0 Å². The molecular weight excluding hydrogens is 256 g/mol. The fourth-order valence-corrected chi connectivity index (χ4v) is 2.11. The van der Waals surface area contributed by atoms with Crippen LogP contribution in [0.25, 0.3) is 0 Å². The van der Waals surface area contributed by atoms with Crippen LogP contribution in [0.15, 0.2) is 0 Å². The van der Waals surface area contributed by atoms with Gasteiger partial charge in [-0.1, -0.05) is 13.8 Å². The zero-order valence-corrected chi connectivity index (χ0v) is 13.0. The minimum absolute atomic E-state index is 0.292. The van der Waals surface area contributed by atoms with Crippen LogP contribution in [0.4, 0.5) is 5.82 Å². The summed E-state index contributed by atoms with van der Waals surface area (Å²) in [6.45, 7) is 5.45. The Morgan fingerprint density at radius 2 is 1.75 bits per heavy atom. The third-order valence-electron chi connectivity index (χ3n) is 3.29. The highest BCUT2D eigenvalue weighted by molar-refractivity contribution is 5.95. The molecule has 112 valence electrons. The van der Waals surface area contributed by atoms with Crippen molar-refractivity contribution in [1.82, 2.24) is 15.1 Å². The monoisotopic (exact) mass is 280 g/mol. The van der Waals surface area contributed by atoms with Gasteiger partial charge in [-0.3, -0.25) is 0 Å². The number of nitrogens with zero attached hydrogens (tertiary/aromatic N) is 4. The highest BCUT2D eigenvalue weighted by atomic mass is 16.4. The minimum Gasteiger partial charge on any atom is -0.478 e. The zero-order valence-electron chi connectivity index (χ0n) is 13.0. The summed E-state index contributed by atoms with van der Waals surface area (Å²) in [6, 6.07) is 0. The van der Waals surface area contributed by atoms with Gasteiger partial charge in [-0.2, -0.15) is 5.10 Å². The van der Waals surface area contributed by atoms with Gasteiger partial charge in [0.05, 0.1) is 5.69 Å². The molecule has 0 aliphatic carbocycles. The molecule has 1 aromatic heterocycles. The van der Waals surface area contributed by atoms with Gasteiger partial charge < -0.3 is 14.9 Å². The van der Waals surface area contributed by atoms with Crippen LogP contribution in [0.1, 0.15) is 35.5 Å². The lowest BCUT2D eigenvalue weighted by Crippen LogP contribution is -2.31. The van der Waals surface area contributed by atoms with E-state index in [2.05, 4.69) is 10.2 Å². The average Bonchev–Trinajstić information content (AvgIpc) is 2.42. The van der Waals surface area contributed by atoms with Crippen LogP contribution in [0, 0.1) is 0 Å². The summed E-state index contributed by atoms with van der Waals surface area (Å²) in [5.74, 6) is -0.480. The molecule has 0 aromatic carbocycles. The number of rotatable bonds is 7. The highest BCUT2D eigenvalue weighted by Crippen LogP contribution is 2.23. The normalized spacial score (nSPS) is 10.9. The Bertz CT molecular complexity index is 474. The van der Waals surface area contributed by atoms with E-state index >= 15 is 0 Å². The second kappa shape index (κ2) is 7.19. The van der Waals surface area contributed by atoms with E-state index in [0.29, 0.717) is 30.8 Å². The Morgan fingerprint density at radius 3 is 2.20 bits per heavy atom. The molecule has 0 unspecified atom stereocenters. The molecule has 0 saturated carbocycles. The number of aromatic nitrogens is 2. The molecule has 6 heteroatoms. The number of anilines is 1. The van der Waals surface area contributed by atoms with Crippen LogP contribution in [-0.4, -0.2) is 60.4 Å². The topological polar surface area (TPSA) is 69.6 Å². The van der Waals surface area contributed by atoms with Crippen molar-refractivity contribution in [1.29, 1.82) is 0 Å². The zero-order chi connectivity index (χ0) is 15.3. The van der Waals surface area contributed by atoms with E-state index in [1.165, 1.54) is 0 Å². The lowest BCUT2D eigenvalue weighted by molar-refractivity contribution is 0.0695. The van der Waals surface area contributed by atoms with Crippen molar-refractivity contribution < 1.29 is 9.90 Å². The van der Waals surface area contributed by atoms with Crippen LogP contribution in [-0.2, 0) is 12.8 Å². The SMILES string of the molecule is CCc1nnc(N(C)CCN(C)C)c(C(=O)O)c1CC. The van der Waals surface area contributed by atoms with Crippen molar-refractivity contribution in [2.24, 2.45) is 0 Å². The first kappa shape index (κ1) is 16.4. The minimum atomic E-state index is -0.932. The van der Waals surface area contributed by atoms with Crippen LogP contribution in [0.5, 0.6) is 0 Å². The number of likely N-dealkylation sites (N-methyl/N-ethyl adjacent to an activating group) is 2. The van der Waals surface area contributed by atoms with E-state index < -0.39 is 5.97 Å². The maximum atomic E-state index is 11.6. The lowest BCUT2D eigenvalue weighted by atomic mass is 10.0. The van der Waals surface area contributed by atoms with Gasteiger partial charge in [-0.05, 0) is 32.5 Å². The average molecular weight is 280 g/mol. The number of carbonyl (C=O) groups is 1. The number of hydrogen-bond donors (Lipinski definition) is 1. The third-order valence-corrected chi connectivity index (χ3v) is 3.29. The van der Waals surface area contributed by atoms with Crippen molar-refractivity contribution in [3.63, 3.8) is 0 Å². The molecule has 0 aliphatic heterocycles. The van der Waals surface area contributed by atoms with Crippen molar-refractivity contribution in [2.45, 2.75) is 26.7 Å². The molecule has 1 N–H and O–H groups in total. The molecule has 6 nitrogen and oxygen atoms in total. The van der Waals surface area contributed by atoms with Crippen LogP contribution >= 0.6 is 0 Å². The lowest BCUT2D eigenvalue weighted by Gasteiger charge is -2.23. The van der Waals surface area contributed by atoms with Crippen molar-refractivity contribution in [3.8, 4) is 0 Å². The molecule has 0 atom stereocenters. The standard InChI is InChI=1S/C14H24N4O2/c1-6-10-11(7-2)15-16-13(12(10)14(19)20)18(5)9-8-17(3)4/h6-9H2,1-5H3,(H,19,20). The Morgan fingerprint density at radius 1 is 1.10 bits per heavy atom. The van der Waals surface area contributed by atoms with E-state index in [4.69, 9.17) is 0 Å². The Labute approximate surface area is 120 Å². The molecule has 1 heterocycles. The van der Waals surface area contributed by atoms with E-state index in [9.17, 15) is 9.90 Å². The van der Waals surface area contributed by atoms with Gasteiger partial charge >= 0.3 is 5.97 Å². The van der Waals surface area contributed by atoms with Crippen LogP contribution < -0.4 is 4.90 Å². The van der Waals surface area contributed by atoms with Gasteiger partial charge in [0.25, 0.3) is 0 Å². The predicted molar refractivity (Wildman–Crippen MR) is 79.6 cm³/mol. The number of aryl methyl sites for hydroxylation is 1. The van der Waals surface area contributed by atoms with Gasteiger partial charge in [0.15, 0.2) is 5.82 Å². The predicted octanol–water partition coefficient (Wildman–Crippen LogP) is 1.30. The number of hydrogen-bond acceptors (Lipinski definition) is 5. The van der Waals surface area contributed by atoms with E-state index in [0.717, 1.165) is 17.8 Å². The number of aromatic carboxylic acids is 1. The molecule has 0 fully saturated rings. The highest BCUT2D eigenvalue weighted by Gasteiger charge is 2.22. The second-order valence-corrected chi connectivity index (χ2v) is 5.06. The van der Waals surface area contributed by atoms with Gasteiger partial charge in [-0.25, -0.2) is 4.79 Å². The smallest absolute Gasteiger partial charge is 0.339 e. The van der Waals surface area contributed by atoms with Crippen molar-refractivity contribution >= 4 is 11.8 Å². The summed E-state index contributed by atoms with van der Waals surface area (Å²) in [5.41, 5.74) is 1.86. The first-order chi connectivity index (χ1) is 9.42. The van der Waals surface area contributed by atoms with Crippen LogP contribution in [0.2, 0.25) is 0 Å². The molecule has 0 bridgehead atoms. The summed E-state index contributed by atoms with van der Waals surface area (Å²) in [5, 5.41) is 17.8. The van der Waals surface area contributed by atoms with E-state index in [-0.39, 0.29) is 0 Å².